The molecule has 0 spiro atoms. The van der Waals surface area contributed by atoms with Crippen LogP contribution in [0.3, 0.4) is 0 Å². The van der Waals surface area contributed by atoms with Gasteiger partial charge in [-0.3, -0.25) is 9.59 Å². The van der Waals surface area contributed by atoms with Crippen molar-refractivity contribution in [1.82, 2.24) is 4.90 Å². The van der Waals surface area contributed by atoms with Gasteiger partial charge in [0.15, 0.2) is 0 Å². The lowest BCUT2D eigenvalue weighted by atomic mass is 10.1. The molecule has 1 aromatic rings. The molecule has 0 saturated carbocycles. The van der Waals surface area contributed by atoms with Gasteiger partial charge in [-0.25, -0.2) is 0 Å². The van der Waals surface area contributed by atoms with Gasteiger partial charge < -0.3 is 9.64 Å². The first-order valence-corrected chi connectivity index (χ1v) is 6.02. The quantitative estimate of drug-likeness (QED) is 0.600. The van der Waals surface area contributed by atoms with Crippen molar-refractivity contribution >= 4 is 11.9 Å². The van der Waals surface area contributed by atoms with Gasteiger partial charge in [-0.2, -0.15) is 5.26 Å². The third-order valence-electron chi connectivity index (χ3n) is 3.07. The Balaban J connectivity index is 1.93. The highest BCUT2D eigenvalue weighted by atomic mass is 16.5. The summed E-state index contributed by atoms with van der Waals surface area (Å²) in [5.41, 5.74) is 1.55. The number of rotatable bonds is 4. The average Bonchev–Trinajstić information content (AvgIpc) is 3.24. The first-order valence-electron chi connectivity index (χ1n) is 6.02. The Hall–Kier alpha value is -2.35. The van der Waals surface area contributed by atoms with Crippen LogP contribution in [0.1, 0.15) is 22.3 Å². The summed E-state index contributed by atoms with van der Waals surface area (Å²) in [6, 6.07) is 8.86. The Morgan fingerprint density at radius 1 is 1.42 bits per heavy atom. The van der Waals surface area contributed by atoms with Gasteiger partial charge in [0.1, 0.15) is 6.04 Å². The van der Waals surface area contributed by atoms with Crippen molar-refractivity contribution < 1.29 is 14.3 Å². The molecule has 1 fully saturated rings. The second-order valence-corrected chi connectivity index (χ2v) is 4.38. The Labute approximate surface area is 111 Å². The molecule has 1 aliphatic heterocycles. The van der Waals surface area contributed by atoms with Gasteiger partial charge in [-0.15, -0.1) is 0 Å². The fourth-order valence-electron chi connectivity index (χ4n) is 1.80. The lowest BCUT2D eigenvalue weighted by Gasteiger charge is -2.04. The SMILES string of the molecule is COC(=O)CCc1ccc(C(=O)N2CC2C#N)cc1. The van der Waals surface area contributed by atoms with Crippen molar-refractivity contribution in [3.63, 3.8) is 0 Å². The van der Waals surface area contributed by atoms with Gasteiger partial charge in [-0.1, -0.05) is 12.1 Å². The Morgan fingerprint density at radius 3 is 2.63 bits per heavy atom. The molecule has 1 saturated heterocycles. The van der Waals surface area contributed by atoms with E-state index >= 15 is 0 Å². The second-order valence-electron chi connectivity index (χ2n) is 4.38. The van der Waals surface area contributed by atoms with E-state index in [4.69, 9.17) is 5.26 Å². The molecule has 0 bridgehead atoms. The summed E-state index contributed by atoms with van der Waals surface area (Å²) in [6.45, 7) is 0.513. The van der Waals surface area contributed by atoms with E-state index in [9.17, 15) is 9.59 Å². The lowest BCUT2D eigenvalue weighted by Crippen LogP contribution is -2.13. The first-order chi connectivity index (χ1) is 9.15. The van der Waals surface area contributed by atoms with Crippen molar-refractivity contribution in [2.24, 2.45) is 0 Å². The minimum absolute atomic E-state index is 0.119. The summed E-state index contributed by atoms with van der Waals surface area (Å²) in [5.74, 6) is -0.368. The number of ether oxygens (including phenoxy) is 1. The predicted octanol–water partition coefficient (Wildman–Crippen LogP) is 1.14. The van der Waals surface area contributed by atoms with Crippen LogP contribution in [0.2, 0.25) is 0 Å². The molecule has 1 aliphatic rings. The molecular weight excluding hydrogens is 244 g/mol. The zero-order chi connectivity index (χ0) is 13.8. The van der Waals surface area contributed by atoms with E-state index in [1.165, 1.54) is 12.0 Å². The fraction of sp³-hybridized carbons (Fsp3) is 0.357. The lowest BCUT2D eigenvalue weighted by molar-refractivity contribution is -0.140. The van der Waals surface area contributed by atoms with E-state index in [0.29, 0.717) is 24.9 Å². The van der Waals surface area contributed by atoms with Gasteiger partial charge in [0.2, 0.25) is 0 Å². The highest BCUT2D eigenvalue weighted by Crippen LogP contribution is 2.20. The molecule has 98 valence electrons. The molecule has 1 amide bonds. The molecule has 5 heteroatoms. The first kappa shape index (κ1) is 13.1. The molecule has 0 aliphatic carbocycles. The number of carbonyl (C=O) groups is 2. The van der Waals surface area contributed by atoms with Crippen LogP contribution < -0.4 is 0 Å². The van der Waals surface area contributed by atoms with Gasteiger partial charge in [0.25, 0.3) is 5.91 Å². The molecule has 0 radical (unpaired) electrons. The minimum atomic E-state index is -0.272. The number of benzene rings is 1. The molecule has 0 aromatic heterocycles. The highest BCUT2D eigenvalue weighted by molar-refractivity contribution is 5.96. The standard InChI is InChI=1S/C14H14N2O3/c1-19-13(17)7-4-10-2-5-11(6-3-10)14(18)16-9-12(16)8-15/h2-3,5-6,12H,4,7,9H2,1H3. The summed E-state index contributed by atoms with van der Waals surface area (Å²) < 4.78 is 4.57. The molecule has 1 atom stereocenters. The van der Waals surface area contributed by atoms with Crippen LogP contribution in [0.5, 0.6) is 0 Å². The van der Waals surface area contributed by atoms with E-state index in [1.807, 2.05) is 18.2 Å². The van der Waals surface area contributed by atoms with E-state index in [1.54, 1.807) is 12.1 Å². The van der Waals surface area contributed by atoms with Crippen molar-refractivity contribution in [2.75, 3.05) is 13.7 Å². The number of nitrogens with zero attached hydrogens (tertiary/aromatic N) is 2. The van der Waals surface area contributed by atoms with Crippen LogP contribution in [-0.2, 0) is 16.0 Å². The molecule has 1 heterocycles. The molecule has 1 aromatic carbocycles. The Kier molecular flexibility index (Phi) is 3.81. The third-order valence-corrected chi connectivity index (χ3v) is 3.07. The van der Waals surface area contributed by atoms with E-state index in [2.05, 4.69) is 4.74 Å². The van der Waals surface area contributed by atoms with Crippen LogP contribution in [0.15, 0.2) is 24.3 Å². The average molecular weight is 258 g/mol. The van der Waals surface area contributed by atoms with Crippen LogP contribution in [0.25, 0.3) is 0 Å². The fourth-order valence-corrected chi connectivity index (χ4v) is 1.80. The summed E-state index contributed by atoms with van der Waals surface area (Å²) >= 11 is 0. The highest BCUT2D eigenvalue weighted by Gasteiger charge is 2.38. The molecule has 1 unspecified atom stereocenters. The predicted molar refractivity (Wildman–Crippen MR) is 67.2 cm³/mol. The molecule has 2 rings (SSSR count). The van der Waals surface area contributed by atoms with Crippen molar-refractivity contribution in [1.29, 1.82) is 5.26 Å². The number of hydrogen-bond donors (Lipinski definition) is 0. The smallest absolute Gasteiger partial charge is 0.305 e. The number of nitriles is 1. The monoisotopic (exact) mass is 258 g/mol. The van der Waals surface area contributed by atoms with Gasteiger partial charge >= 0.3 is 5.97 Å². The maximum atomic E-state index is 11.9. The molecule has 0 N–H and O–H groups in total. The van der Waals surface area contributed by atoms with Gasteiger partial charge in [0.05, 0.1) is 19.7 Å². The summed E-state index contributed by atoms with van der Waals surface area (Å²) in [6.07, 6.45) is 0.915. The summed E-state index contributed by atoms with van der Waals surface area (Å²) in [7, 11) is 1.36. The molecule has 19 heavy (non-hydrogen) atoms. The zero-order valence-electron chi connectivity index (χ0n) is 10.6. The van der Waals surface area contributed by atoms with Gasteiger partial charge in [0, 0.05) is 12.0 Å². The van der Waals surface area contributed by atoms with E-state index in [-0.39, 0.29) is 17.9 Å². The Bertz CT molecular complexity index is 531. The normalized spacial score (nSPS) is 16.6. The number of aryl methyl sites for hydroxylation is 1. The Morgan fingerprint density at radius 2 is 2.11 bits per heavy atom. The number of esters is 1. The zero-order valence-corrected chi connectivity index (χ0v) is 10.6. The topological polar surface area (TPSA) is 70.2 Å². The summed E-state index contributed by atoms with van der Waals surface area (Å²) in [4.78, 5) is 24.4. The van der Waals surface area contributed by atoms with Crippen molar-refractivity contribution in [3.05, 3.63) is 35.4 Å². The van der Waals surface area contributed by atoms with Crippen LogP contribution in [0, 0.1) is 11.3 Å². The number of methoxy groups -OCH3 is 1. The van der Waals surface area contributed by atoms with E-state index < -0.39 is 0 Å². The number of amides is 1. The van der Waals surface area contributed by atoms with E-state index in [0.717, 1.165) is 5.56 Å². The maximum absolute atomic E-state index is 11.9. The number of hydrogen-bond acceptors (Lipinski definition) is 4. The minimum Gasteiger partial charge on any atom is -0.469 e. The summed E-state index contributed by atoms with van der Waals surface area (Å²) in [5, 5.41) is 8.67. The van der Waals surface area contributed by atoms with Crippen molar-refractivity contribution in [2.45, 2.75) is 18.9 Å². The second kappa shape index (κ2) is 5.53. The molecular formula is C14H14N2O3. The van der Waals surface area contributed by atoms with Crippen LogP contribution in [0.4, 0.5) is 0 Å². The van der Waals surface area contributed by atoms with Gasteiger partial charge in [-0.05, 0) is 24.1 Å². The largest absolute Gasteiger partial charge is 0.469 e. The third kappa shape index (κ3) is 3.10. The number of carbonyl (C=O) groups excluding carboxylic acids is 2. The van der Waals surface area contributed by atoms with Crippen LogP contribution in [-0.4, -0.2) is 36.5 Å². The maximum Gasteiger partial charge on any atom is 0.305 e. The van der Waals surface area contributed by atoms with Crippen molar-refractivity contribution in [3.8, 4) is 6.07 Å². The van der Waals surface area contributed by atoms with Crippen LogP contribution >= 0.6 is 0 Å². The molecule has 5 nitrogen and oxygen atoms in total.